The zero-order chi connectivity index (χ0) is 15.6. The average Bonchev–Trinajstić information content (AvgIpc) is 3.16. The SMILES string of the molecule is C=CCn1c(-c2cn[nH]n2)nnc1N1CCC(C2CCC2)CC1. The molecule has 1 N–H and O–H groups in total. The van der Waals surface area contributed by atoms with Gasteiger partial charge in [-0.15, -0.1) is 16.8 Å². The number of aromatic nitrogens is 6. The third-order valence-electron chi connectivity index (χ3n) is 5.33. The molecule has 2 aromatic rings. The first-order chi connectivity index (χ1) is 11.4. The van der Waals surface area contributed by atoms with E-state index in [1.54, 1.807) is 6.20 Å². The van der Waals surface area contributed by atoms with E-state index in [-0.39, 0.29) is 0 Å². The summed E-state index contributed by atoms with van der Waals surface area (Å²) in [6, 6.07) is 0. The van der Waals surface area contributed by atoms with Crippen molar-refractivity contribution in [2.24, 2.45) is 11.8 Å². The Morgan fingerprint density at radius 2 is 1.96 bits per heavy atom. The van der Waals surface area contributed by atoms with Gasteiger partial charge in [-0.2, -0.15) is 15.4 Å². The van der Waals surface area contributed by atoms with Crippen LogP contribution in [0.25, 0.3) is 11.5 Å². The van der Waals surface area contributed by atoms with E-state index < -0.39 is 0 Å². The molecular weight excluding hydrogens is 290 g/mol. The number of H-pyrrole nitrogens is 1. The molecule has 1 aliphatic carbocycles. The summed E-state index contributed by atoms with van der Waals surface area (Å²) in [5, 5.41) is 19.4. The van der Waals surface area contributed by atoms with Gasteiger partial charge in [0.2, 0.25) is 5.95 Å². The highest BCUT2D eigenvalue weighted by Crippen LogP contribution is 2.39. The van der Waals surface area contributed by atoms with Gasteiger partial charge in [0, 0.05) is 19.6 Å². The summed E-state index contributed by atoms with van der Waals surface area (Å²) in [5.41, 5.74) is 0.718. The molecule has 1 saturated carbocycles. The Morgan fingerprint density at radius 1 is 1.17 bits per heavy atom. The number of rotatable bonds is 5. The summed E-state index contributed by atoms with van der Waals surface area (Å²) in [6.45, 7) is 6.66. The van der Waals surface area contributed by atoms with Crippen molar-refractivity contribution in [1.29, 1.82) is 0 Å². The standard InChI is InChI=1S/C16H23N7/c1-2-8-23-15(14-11-17-21-18-14)19-20-16(23)22-9-6-13(7-10-22)12-4-3-5-12/h2,11-13H,1,3-10H2,(H,17,18,21). The maximum Gasteiger partial charge on any atom is 0.227 e. The van der Waals surface area contributed by atoms with Crippen molar-refractivity contribution < 1.29 is 0 Å². The fraction of sp³-hybridized carbons (Fsp3) is 0.625. The molecule has 0 amide bonds. The number of allylic oxidation sites excluding steroid dienone is 1. The largest absolute Gasteiger partial charge is 0.341 e. The number of hydrogen-bond acceptors (Lipinski definition) is 5. The predicted octanol–water partition coefficient (Wildman–Crippen LogP) is 2.27. The van der Waals surface area contributed by atoms with Crippen LogP contribution < -0.4 is 4.90 Å². The number of hydrogen-bond donors (Lipinski definition) is 1. The van der Waals surface area contributed by atoms with E-state index in [0.29, 0.717) is 6.54 Å². The maximum atomic E-state index is 4.43. The summed E-state index contributed by atoms with van der Waals surface area (Å²) in [4.78, 5) is 2.36. The van der Waals surface area contributed by atoms with Crippen molar-refractivity contribution in [3.8, 4) is 11.5 Å². The van der Waals surface area contributed by atoms with Crippen LogP contribution in [0.15, 0.2) is 18.9 Å². The zero-order valence-electron chi connectivity index (χ0n) is 13.4. The fourth-order valence-electron chi connectivity index (χ4n) is 3.81. The molecule has 7 heteroatoms. The monoisotopic (exact) mass is 313 g/mol. The summed E-state index contributed by atoms with van der Waals surface area (Å²) in [5.74, 6) is 3.56. The highest BCUT2D eigenvalue weighted by atomic mass is 15.4. The lowest BCUT2D eigenvalue weighted by atomic mass is 9.72. The quantitative estimate of drug-likeness (QED) is 0.857. The van der Waals surface area contributed by atoms with E-state index in [1.807, 2.05) is 6.08 Å². The third kappa shape index (κ3) is 2.64. The summed E-state index contributed by atoms with van der Waals surface area (Å²) < 4.78 is 2.08. The van der Waals surface area contributed by atoms with Crippen molar-refractivity contribution in [3.05, 3.63) is 18.9 Å². The Labute approximate surface area is 135 Å². The first-order valence-corrected chi connectivity index (χ1v) is 8.52. The molecular formula is C16H23N7. The van der Waals surface area contributed by atoms with Crippen molar-refractivity contribution in [1.82, 2.24) is 30.2 Å². The van der Waals surface area contributed by atoms with Crippen LogP contribution in [0.2, 0.25) is 0 Å². The molecule has 0 atom stereocenters. The Kier molecular flexibility index (Phi) is 3.85. The number of nitrogens with zero attached hydrogens (tertiary/aromatic N) is 6. The summed E-state index contributed by atoms with van der Waals surface area (Å²) in [6.07, 6.45) is 10.4. The number of anilines is 1. The molecule has 0 aromatic carbocycles. The van der Waals surface area contributed by atoms with Crippen molar-refractivity contribution in [2.45, 2.75) is 38.6 Å². The summed E-state index contributed by atoms with van der Waals surface area (Å²) >= 11 is 0. The molecule has 4 rings (SSSR count). The van der Waals surface area contributed by atoms with E-state index in [9.17, 15) is 0 Å². The minimum atomic E-state index is 0.674. The van der Waals surface area contributed by atoms with Crippen LogP contribution in [0.5, 0.6) is 0 Å². The van der Waals surface area contributed by atoms with E-state index in [4.69, 9.17) is 0 Å². The fourth-order valence-corrected chi connectivity index (χ4v) is 3.81. The molecule has 2 aromatic heterocycles. The van der Waals surface area contributed by atoms with Crippen LogP contribution in [-0.2, 0) is 6.54 Å². The number of aromatic amines is 1. The second-order valence-corrected chi connectivity index (χ2v) is 6.59. The van der Waals surface area contributed by atoms with Gasteiger partial charge in [0.15, 0.2) is 5.82 Å². The molecule has 3 heterocycles. The van der Waals surface area contributed by atoms with Crippen LogP contribution in [-0.4, -0.2) is 43.3 Å². The van der Waals surface area contributed by atoms with Crippen LogP contribution in [0.1, 0.15) is 32.1 Å². The normalized spacial score (nSPS) is 19.7. The average molecular weight is 313 g/mol. The van der Waals surface area contributed by atoms with Gasteiger partial charge in [0.1, 0.15) is 5.69 Å². The van der Waals surface area contributed by atoms with E-state index in [0.717, 1.165) is 42.4 Å². The molecule has 2 fully saturated rings. The highest BCUT2D eigenvalue weighted by molar-refractivity contribution is 5.51. The van der Waals surface area contributed by atoms with E-state index in [1.165, 1.54) is 32.1 Å². The number of nitrogens with one attached hydrogen (secondary N) is 1. The van der Waals surface area contributed by atoms with Crippen molar-refractivity contribution in [2.75, 3.05) is 18.0 Å². The molecule has 122 valence electrons. The molecule has 0 unspecified atom stereocenters. The minimum absolute atomic E-state index is 0.674. The molecule has 7 nitrogen and oxygen atoms in total. The molecule has 0 radical (unpaired) electrons. The van der Waals surface area contributed by atoms with Gasteiger partial charge in [0.25, 0.3) is 0 Å². The number of piperidine rings is 1. The van der Waals surface area contributed by atoms with Crippen LogP contribution in [0, 0.1) is 11.8 Å². The molecule has 0 bridgehead atoms. The molecule has 23 heavy (non-hydrogen) atoms. The molecule has 2 aliphatic rings. The lowest BCUT2D eigenvalue weighted by Crippen LogP contribution is -2.39. The van der Waals surface area contributed by atoms with Gasteiger partial charge >= 0.3 is 0 Å². The lowest BCUT2D eigenvalue weighted by molar-refractivity contribution is 0.175. The zero-order valence-corrected chi connectivity index (χ0v) is 13.4. The van der Waals surface area contributed by atoms with Gasteiger partial charge in [-0.25, -0.2) is 0 Å². The molecule has 1 saturated heterocycles. The van der Waals surface area contributed by atoms with E-state index >= 15 is 0 Å². The van der Waals surface area contributed by atoms with Gasteiger partial charge in [-0.3, -0.25) is 4.57 Å². The third-order valence-corrected chi connectivity index (χ3v) is 5.33. The van der Waals surface area contributed by atoms with Gasteiger partial charge in [-0.05, 0) is 24.7 Å². The lowest BCUT2D eigenvalue weighted by Gasteiger charge is -2.40. The molecule has 0 spiro atoms. The second kappa shape index (κ2) is 6.14. The van der Waals surface area contributed by atoms with Crippen LogP contribution >= 0.6 is 0 Å². The minimum Gasteiger partial charge on any atom is -0.341 e. The highest BCUT2D eigenvalue weighted by Gasteiger charge is 2.31. The first kappa shape index (κ1) is 14.4. The van der Waals surface area contributed by atoms with E-state index in [2.05, 4.69) is 41.7 Å². The Bertz CT molecular complexity index is 648. The Hall–Kier alpha value is -2.18. The predicted molar refractivity (Wildman–Crippen MR) is 87.9 cm³/mol. The second-order valence-electron chi connectivity index (χ2n) is 6.59. The first-order valence-electron chi connectivity index (χ1n) is 8.52. The maximum absolute atomic E-state index is 4.43. The Balaban J connectivity index is 1.53. The molecule has 1 aliphatic heterocycles. The van der Waals surface area contributed by atoms with Crippen LogP contribution in [0.4, 0.5) is 5.95 Å². The smallest absolute Gasteiger partial charge is 0.227 e. The summed E-state index contributed by atoms with van der Waals surface area (Å²) in [7, 11) is 0. The van der Waals surface area contributed by atoms with Crippen molar-refractivity contribution >= 4 is 5.95 Å². The van der Waals surface area contributed by atoms with Gasteiger partial charge in [0.05, 0.1) is 6.20 Å². The van der Waals surface area contributed by atoms with Crippen molar-refractivity contribution in [3.63, 3.8) is 0 Å². The van der Waals surface area contributed by atoms with Gasteiger partial charge in [-0.1, -0.05) is 25.3 Å². The van der Waals surface area contributed by atoms with Gasteiger partial charge < -0.3 is 4.90 Å². The van der Waals surface area contributed by atoms with Crippen LogP contribution in [0.3, 0.4) is 0 Å². The topological polar surface area (TPSA) is 75.5 Å². The Morgan fingerprint density at radius 3 is 2.57 bits per heavy atom.